The van der Waals surface area contributed by atoms with Crippen LogP contribution in [0.4, 0.5) is 5.69 Å². The minimum absolute atomic E-state index is 0.212. The summed E-state index contributed by atoms with van der Waals surface area (Å²) in [6.45, 7) is 5.42. The summed E-state index contributed by atoms with van der Waals surface area (Å²) < 4.78 is 5.33. The molecule has 0 saturated carbocycles. The molecule has 0 spiro atoms. The smallest absolute Gasteiger partial charge is 0.259 e. The number of rotatable bonds is 2. The first-order valence-electron chi connectivity index (χ1n) is 5.48. The second-order valence-corrected chi connectivity index (χ2v) is 4.49. The summed E-state index contributed by atoms with van der Waals surface area (Å²) in [6, 6.07) is 3.41. The first kappa shape index (κ1) is 12.6. The van der Waals surface area contributed by atoms with Gasteiger partial charge in [-0.1, -0.05) is 11.6 Å². The number of furan rings is 1. The Labute approximate surface area is 110 Å². The standard InChI is InChI=1S/C13H13ClN2O2/c1-7-4-12(14)15-6-11(7)16-13(17)10-5-8(2)18-9(10)3/h4-6H,1-3H3,(H,16,17). The molecule has 18 heavy (non-hydrogen) atoms. The van der Waals surface area contributed by atoms with Crippen LogP contribution < -0.4 is 5.32 Å². The highest BCUT2D eigenvalue weighted by molar-refractivity contribution is 6.29. The number of carbonyl (C=O) groups is 1. The Balaban J connectivity index is 2.24. The Bertz CT molecular complexity index is 605. The maximum absolute atomic E-state index is 12.1. The van der Waals surface area contributed by atoms with Crippen LogP contribution in [0.5, 0.6) is 0 Å². The van der Waals surface area contributed by atoms with Gasteiger partial charge in [-0.15, -0.1) is 0 Å². The summed E-state index contributed by atoms with van der Waals surface area (Å²) in [7, 11) is 0. The quantitative estimate of drug-likeness (QED) is 0.845. The van der Waals surface area contributed by atoms with Crippen molar-refractivity contribution in [3.05, 3.63) is 46.1 Å². The molecule has 2 heterocycles. The number of aromatic nitrogens is 1. The van der Waals surface area contributed by atoms with Gasteiger partial charge in [0, 0.05) is 0 Å². The fourth-order valence-corrected chi connectivity index (χ4v) is 1.91. The van der Waals surface area contributed by atoms with Crippen LogP contribution >= 0.6 is 11.6 Å². The monoisotopic (exact) mass is 264 g/mol. The van der Waals surface area contributed by atoms with Crippen molar-refractivity contribution in [2.75, 3.05) is 5.32 Å². The summed E-state index contributed by atoms with van der Waals surface area (Å²) in [5.41, 5.74) is 2.03. The van der Waals surface area contributed by atoms with E-state index in [1.165, 1.54) is 6.20 Å². The van der Waals surface area contributed by atoms with Crippen LogP contribution in [0.25, 0.3) is 0 Å². The lowest BCUT2D eigenvalue weighted by atomic mass is 10.2. The molecule has 0 atom stereocenters. The van der Waals surface area contributed by atoms with Crippen LogP contribution in [0.3, 0.4) is 0 Å². The van der Waals surface area contributed by atoms with E-state index in [-0.39, 0.29) is 5.91 Å². The van der Waals surface area contributed by atoms with E-state index in [1.54, 1.807) is 26.0 Å². The molecule has 1 amide bonds. The van der Waals surface area contributed by atoms with E-state index in [0.717, 1.165) is 5.56 Å². The summed E-state index contributed by atoms with van der Waals surface area (Å²) in [4.78, 5) is 16.0. The lowest BCUT2D eigenvalue weighted by Gasteiger charge is -2.07. The van der Waals surface area contributed by atoms with Gasteiger partial charge in [-0.2, -0.15) is 0 Å². The van der Waals surface area contributed by atoms with Gasteiger partial charge in [0.15, 0.2) is 0 Å². The molecule has 1 N–H and O–H groups in total. The predicted octanol–water partition coefficient (Wildman–Crippen LogP) is 3.51. The van der Waals surface area contributed by atoms with Crippen molar-refractivity contribution in [3.8, 4) is 0 Å². The minimum Gasteiger partial charge on any atom is -0.466 e. The van der Waals surface area contributed by atoms with Crippen LogP contribution in [0.2, 0.25) is 5.15 Å². The number of amides is 1. The molecule has 2 aromatic heterocycles. The third-order valence-corrected chi connectivity index (χ3v) is 2.82. The average molecular weight is 265 g/mol. The molecular formula is C13H13ClN2O2. The Kier molecular flexibility index (Phi) is 3.39. The lowest BCUT2D eigenvalue weighted by molar-refractivity contribution is 0.102. The van der Waals surface area contributed by atoms with Crippen LogP contribution in [-0.4, -0.2) is 10.9 Å². The zero-order chi connectivity index (χ0) is 13.3. The number of nitrogens with zero attached hydrogens (tertiary/aromatic N) is 1. The van der Waals surface area contributed by atoms with Gasteiger partial charge < -0.3 is 9.73 Å². The average Bonchev–Trinajstić information content (AvgIpc) is 2.62. The fourth-order valence-electron chi connectivity index (χ4n) is 1.70. The van der Waals surface area contributed by atoms with E-state index in [9.17, 15) is 4.79 Å². The van der Waals surface area contributed by atoms with Crippen molar-refractivity contribution in [1.82, 2.24) is 4.98 Å². The molecule has 0 unspecified atom stereocenters. The summed E-state index contributed by atoms with van der Waals surface area (Å²) in [5.74, 6) is 1.10. The summed E-state index contributed by atoms with van der Waals surface area (Å²) in [6.07, 6.45) is 1.54. The second kappa shape index (κ2) is 4.82. The molecule has 2 rings (SSSR count). The Morgan fingerprint density at radius 3 is 2.61 bits per heavy atom. The van der Waals surface area contributed by atoms with Crippen LogP contribution in [0, 0.1) is 20.8 Å². The molecule has 5 heteroatoms. The Morgan fingerprint density at radius 2 is 2.06 bits per heavy atom. The van der Waals surface area contributed by atoms with Crippen molar-refractivity contribution < 1.29 is 9.21 Å². The molecule has 0 fully saturated rings. The molecule has 0 bridgehead atoms. The van der Waals surface area contributed by atoms with Gasteiger partial charge in [0.1, 0.15) is 16.7 Å². The molecule has 0 aliphatic carbocycles. The molecule has 2 aromatic rings. The first-order chi connectivity index (χ1) is 8.47. The normalized spacial score (nSPS) is 10.4. The van der Waals surface area contributed by atoms with Gasteiger partial charge in [-0.3, -0.25) is 4.79 Å². The van der Waals surface area contributed by atoms with Gasteiger partial charge in [0.05, 0.1) is 17.4 Å². The van der Waals surface area contributed by atoms with Crippen molar-refractivity contribution in [1.29, 1.82) is 0 Å². The van der Waals surface area contributed by atoms with E-state index >= 15 is 0 Å². The number of hydrogen-bond donors (Lipinski definition) is 1. The zero-order valence-electron chi connectivity index (χ0n) is 10.4. The largest absolute Gasteiger partial charge is 0.466 e. The van der Waals surface area contributed by atoms with E-state index < -0.39 is 0 Å². The molecule has 0 aliphatic heterocycles. The van der Waals surface area contributed by atoms with E-state index in [2.05, 4.69) is 10.3 Å². The van der Waals surface area contributed by atoms with Crippen LogP contribution in [0.1, 0.15) is 27.4 Å². The molecule has 0 radical (unpaired) electrons. The van der Waals surface area contributed by atoms with E-state index in [4.69, 9.17) is 16.0 Å². The molecule has 0 saturated heterocycles. The van der Waals surface area contributed by atoms with Crippen molar-refractivity contribution >= 4 is 23.2 Å². The lowest BCUT2D eigenvalue weighted by Crippen LogP contribution is -2.13. The number of pyridine rings is 1. The maximum atomic E-state index is 12.1. The van der Waals surface area contributed by atoms with Crippen LogP contribution in [-0.2, 0) is 0 Å². The van der Waals surface area contributed by atoms with Crippen molar-refractivity contribution in [2.45, 2.75) is 20.8 Å². The molecule has 0 aliphatic rings. The molecule has 0 aromatic carbocycles. The first-order valence-corrected chi connectivity index (χ1v) is 5.85. The fraction of sp³-hybridized carbons (Fsp3) is 0.231. The van der Waals surface area contributed by atoms with Crippen LogP contribution in [0.15, 0.2) is 22.7 Å². The Morgan fingerprint density at radius 1 is 1.33 bits per heavy atom. The highest BCUT2D eigenvalue weighted by Gasteiger charge is 2.14. The molecule has 4 nitrogen and oxygen atoms in total. The highest BCUT2D eigenvalue weighted by Crippen LogP contribution is 2.19. The van der Waals surface area contributed by atoms with Gasteiger partial charge in [0.2, 0.25) is 0 Å². The number of nitrogens with one attached hydrogen (secondary N) is 1. The molecular weight excluding hydrogens is 252 g/mol. The Hall–Kier alpha value is -1.81. The minimum atomic E-state index is -0.212. The maximum Gasteiger partial charge on any atom is 0.259 e. The van der Waals surface area contributed by atoms with Gasteiger partial charge in [-0.05, 0) is 38.5 Å². The highest BCUT2D eigenvalue weighted by atomic mass is 35.5. The number of carbonyl (C=O) groups excluding carboxylic acids is 1. The van der Waals surface area contributed by atoms with E-state index in [0.29, 0.717) is 27.9 Å². The second-order valence-electron chi connectivity index (χ2n) is 4.10. The summed E-state index contributed by atoms with van der Waals surface area (Å²) >= 11 is 5.76. The SMILES string of the molecule is Cc1cc(C(=O)Nc2cnc(Cl)cc2C)c(C)o1. The number of hydrogen-bond acceptors (Lipinski definition) is 3. The third kappa shape index (κ3) is 2.54. The molecule has 94 valence electrons. The van der Waals surface area contributed by atoms with E-state index in [1.807, 2.05) is 6.92 Å². The number of aryl methyl sites for hydroxylation is 3. The van der Waals surface area contributed by atoms with Gasteiger partial charge >= 0.3 is 0 Å². The van der Waals surface area contributed by atoms with Gasteiger partial charge in [-0.25, -0.2) is 4.98 Å². The predicted molar refractivity (Wildman–Crippen MR) is 70.1 cm³/mol. The zero-order valence-corrected chi connectivity index (χ0v) is 11.1. The van der Waals surface area contributed by atoms with Gasteiger partial charge in [0.25, 0.3) is 5.91 Å². The topological polar surface area (TPSA) is 55.1 Å². The summed E-state index contributed by atoms with van der Waals surface area (Å²) in [5, 5.41) is 3.19. The third-order valence-electron chi connectivity index (χ3n) is 2.61. The number of halogens is 1. The number of anilines is 1. The van der Waals surface area contributed by atoms with Crippen molar-refractivity contribution in [2.24, 2.45) is 0 Å². The van der Waals surface area contributed by atoms with Crippen molar-refractivity contribution in [3.63, 3.8) is 0 Å².